The van der Waals surface area contributed by atoms with Crippen molar-refractivity contribution < 1.29 is 4.74 Å². The molecule has 0 aliphatic heterocycles. The van der Waals surface area contributed by atoms with E-state index in [2.05, 4.69) is 18.7 Å². The summed E-state index contributed by atoms with van der Waals surface area (Å²) in [6, 6.07) is 5.51. The van der Waals surface area contributed by atoms with Crippen molar-refractivity contribution in [1.29, 1.82) is 5.26 Å². The minimum Gasteiger partial charge on any atom is -0.496 e. The number of hydrogen-bond acceptors (Lipinski definition) is 3. The van der Waals surface area contributed by atoms with Gasteiger partial charge in [-0.3, -0.25) is 0 Å². The summed E-state index contributed by atoms with van der Waals surface area (Å²) < 4.78 is 5.04. The van der Waals surface area contributed by atoms with E-state index in [1.54, 1.807) is 19.2 Å². The van der Waals surface area contributed by atoms with Gasteiger partial charge in [0.2, 0.25) is 0 Å². The largest absolute Gasteiger partial charge is 0.496 e. The maximum absolute atomic E-state index is 8.64. The van der Waals surface area contributed by atoms with E-state index in [0.29, 0.717) is 11.3 Å². The quantitative estimate of drug-likeness (QED) is 0.670. The average molecular weight is 179 g/mol. The highest BCUT2D eigenvalue weighted by atomic mass is 32.1. The molecule has 0 amide bonds. The number of nitrogens with zero attached hydrogens (tertiary/aromatic N) is 1. The van der Waals surface area contributed by atoms with Crippen LogP contribution in [0.3, 0.4) is 0 Å². The maximum atomic E-state index is 8.64. The van der Waals surface area contributed by atoms with Gasteiger partial charge in [-0.2, -0.15) is 5.26 Å². The molecule has 0 bridgehead atoms. The van der Waals surface area contributed by atoms with Crippen molar-refractivity contribution in [3.05, 3.63) is 23.3 Å². The first-order valence-corrected chi connectivity index (χ1v) is 3.91. The fourth-order valence-corrected chi connectivity index (χ4v) is 1.19. The van der Waals surface area contributed by atoms with Gasteiger partial charge in [0.1, 0.15) is 5.75 Å². The molecule has 0 atom stereocenters. The Balaban J connectivity index is 3.31. The summed E-state index contributed by atoms with van der Waals surface area (Å²) in [5, 5.41) is 8.64. The lowest BCUT2D eigenvalue weighted by atomic mass is 10.1. The zero-order chi connectivity index (χ0) is 9.14. The number of rotatable bonds is 1. The Kier molecular flexibility index (Phi) is 2.61. The zero-order valence-electron chi connectivity index (χ0n) is 6.96. The first kappa shape index (κ1) is 8.95. The molecule has 1 aromatic carbocycles. The van der Waals surface area contributed by atoms with Gasteiger partial charge in [0.05, 0.1) is 18.7 Å². The molecule has 0 saturated heterocycles. The fraction of sp³-hybridized carbons (Fsp3) is 0.222. The van der Waals surface area contributed by atoms with Gasteiger partial charge in [-0.15, -0.1) is 12.6 Å². The maximum Gasteiger partial charge on any atom is 0.133 e. The van der Waals surface area contributed by atoms with Gasteiger partial charge in [0, 0.05) is 4.90 Å². The lowest BCUT2D eigenvalue weighted by Crippen LogP contribution is -1.89. The highest BCUT2D eigenvalue weighted by Crippen LogP contribution is 2.26. The third kappa shape index (κ3) is 1.54. The van der Waals surface area contributed by atoms with Crippen molar-refractivity contribution in [2.45, 2.75) is 11.8 Å². The summed E-state index contributed by atoms with van der Waals surface area (Å²) in [5.41, 5.74) is 1.55. The minimum absolute atomic E-state index is 0.599. The van der Waals surface area contributed by atoms with Gasteiger partial charge in [0.25, 0.3) is 0 Å². The van der Waals surface area contributed by atoms with Crippen LogP contribution in [0.5, 0.6) is 5.75 Å². The van der Waals surface area contributed by atoms with Crippen LogP contribution in [-0.4, -0.2) is 7.11 Å². The molecule has 0 fully saturated rings. The molecule has 1 rings (SSSR count). The molecule has 0 unspecified atom stereocenters. The summed E-state index contributed by atoms with van der Waals surface area (Å²) in [5.74, 6) is 0.648. The number of ether oxygens (including phenoxy) is 1. The first-order valence-electron chi connectivity index (χ1n) is 3.46. The third-order valence-corrected chi connectivity index (χ3v) is 2.19. The Morgan fingerprint density at radius 1 is 1.50 bits per heavy atom. The predicted molar refractivity (Wildman–Crippen MR) is 49.7 cm³/mol. The molecule has 1 aromatic rings. The van der Waals surface area contributed by atoms with Gasteiger partial charge in [-0.25, -0.2) is 0 Å². The lowest BCUT2D eigenvalue weighted by molar-refractivity contribution is 0.404. The Labute approximate surface area is 77.2 Å². The van der Waals surface area contributed by atoms with Crippen LogP contribution < -0.4 is 4.74 Å². The molecule has 0 radical (unpaired) electrons. The van der Waals surface area contributed by atoms with Crippen LogP contribution in [-0.2, 0) is 0 Å². The zero-order valence-corrected chi connectivity index (χ0v) is 7.85. The molecule has 0 saturated carbocycles. The molecule has 0 aliphatic carbocycles. The molecule has 62 valence electrons. The summed E-state index contributed by atoms with van der Waals surface area (Å²) in [4.78, 5) is 0.788. The summed E-state index contributed by atoms with van der Waals surface area (Å²) in [7, 11) is 1.57. The van der Waals surface area contributed by atoms with E-state index >= 15 is 0 Å². The van der Waals surface area contributed by atoms with Crippen LogP contribution in [0.1, 0.15) is 11.1 Å². The molecule has 3 heteroatoms. The Bertz CT molecular complexity index is 341. The molecule has 0 aliphatic rings. The van der Waals surface area contributed by atoms with Gasteiger partial charge in [-0.1, -0.05) is 0 Å². The third-order valence-electron chi connectivity index (χ3n) is 1.61. The van der Waals surface area contributed by atoms with Crippen LogP contribution in [0.25, 0.3) is 0 Å². The molecule has 0 spiro atoms. The molecule has 0 aromatic heterocycles. The van der Waals surface area contributed by atoms with Gasteiger partial charge in [0.15, 0.2) is 0 Å². The molecule has 0 heterocycles. The molecule has 12 heavy (non-hydrogen) atoms. The lowest BCUT2D eigenvalue weighted by Gasteiger charge is -2.06. The van der Waals surface area contributed by atoms with E-state index < -0.39 is 0 Å². The van der Waals surface area contributed by atoms with Crippen molar-refractivity contribution in [3.8, 4) is 11.8 Å². The number of aryl methyl sites for hydroxylation is 1. The standard InChI is InChI=1S/C9H9NOS/c1-6-3-7(5-10)4-8(11-2)9(6)12/h3-4,12H,1-2H3. The second-order valence-corrected chi connectivity index (χ2v) is 2.90. The Hall–Kier alpha value is -1.14. The number of benzene rings is 1. The number of hydrogen-bond donors (Lipinski definition) is 1. The monoisotopic (exact) mass is 179 g/mol. The Morgan fingerprint density at radius 2 is 2.17 bits per heavy atom. The van der Waals surface area contributed by atoms with E-state index in [-0.39, 0.29) is 0 Å². The van der Waals surface area contributed by atoms with E-state index in [1.165, 1.54) is 0 Å². The highest BCUT2D eigenvalue weighted by molar-refractivity contribution is 7.80. The van der Waals surface area contributed by atoms with Crippen molar-refractivity contribution >= 4 is 12.6 Å². The Morgan fingerprint density at radius 3 is 2.67 bits per heavy atom. The normalized spacial score (nSPS) is 9.17. The fourth-order valence-electron chi connectivity index (χ4n) is 0.967. The van der Waals surface area contributed by atoms with E-state index in [4.69, 9.17) is 10.00 Å². The summed E-state index contributed by atoms with van der Waals surface area (Å²) in [6.07, 6.45) is 0. The first-order chi connectivity index (χ1) is 5.69. The average Bonchev–Trinajstić information content (AvgIpc) is 2.09. The SMILES string of the molecule is COc1cc(C#N)cc(C)c1S. The van der Waals surface area contributed by atoms with Gasteiger partial charge in [-0.05, 0) is 24.6 Å². The van der Waals surface area contributed by atoms with Crippen molar-refractivity contribution in [3.63, 3.8) is 0 Å². The number of nitriles is 1. The summed E-state index contributed by atoms with van der Waals surface area (Å²) >= 11 is 4.24. The highest BCUT2D eigenvalue weighted by Gasteiger charge is 2.04. The second-order valence-electron chi connectivity index (χ2n) is 2.46. The second kappa shape index (κ2) is 3.51. The molecule has 0 N–H and O–H groups in total. The van der Waals surface area contributed by atoms with E-state index in [0.717, 1.165) is 10.5 Å². The van der Waals surface area contributed by atoms with Crippen molar-refractivity contribution in [2.24, 2.45) is 0 Å². The van der Waals surface area contributed by atoms with Crippen molar-refractivity contribution in [1.82, 2.24) is 0 Å². The summed E-state index contributed by atoms with van der Waals surface area (Å²) in [6.45, 7) is 1.89. The molecular formula is C9H9NOS. The van der Waals surface area contributed by atoms with Gasteiger partial charge < -0.3 is 4.74 Å². The van der Waals surface area contributed by atoms with Crippen LogP contribution in [0.2, 0.25) is 0 Å². The van der Waals surface area contributed by atoms with Crippen molar-refractivity contribution in [2.75, 3.05) is 7.11 Å². The van der Waals surface area contributed by atoms with Gasteiger partial charge >= 0.3 is 0 Å². The van der Waals surface area contributed by atoms with E-state index in [1.807, 2.05) is 6.92 Å². The van der Waals surface area contributed by atoms with Crippen LogP contribution in [0.15, 0.2) is 17.0 Å². The van der Waals surface area contributed by atoms with Crippen LogP contribution in [0, 0.1) is 18.3 Å². The van der Waals surface area contributed by atoms with Crippen LogP contribution >= 0.6 is 12.6 Å². The minimum atomic E-state index is 0.599. The smallest absolute Gasteiger partial charge is 0.133 e. The van der Waals surface area contributed by atoms with Crippen LogP contribution in [0.4, 0.5) is 0 Å². The topological polar surface area (TPSA) is 33.0 Å². The number of methoxy groups -OCH3 is 1. The number of thiol groups is 1. The van der Waals surface area contributed by atoms with E-state index in [9.17, 15) is 0 Å². The molecule has 2 nitrogen and oxygen atoms in total. The molecular weight excluding hydrogens is 170 g/mol. The predicted octanol–water partition coefficient (Wildman–Crippen LogP) is 2.16.